The Labute approximate surface area is 177 Å². The molecule has 2 aromatic carbocycles. The zero-order chi connectivity index (χ0) is 20.8. The van der Waals surface area contributed by atoms with Gasteiger partial charge in [0, 0.05) is 17.6 Å². The number of benzene rings is 2. The van der Waals surface area contributed by atoms with Crippen LogP contribution in [0.25, 0.3) is 6.08 Å². The van der Waals surface area contributed by atoms with Crippen LogP contribution < -0.4 is 19.5 Å². The molecule has 3 rings (SSSR count). The summed E-state index contributed by atoms with van der Waals surface area (Å²) in [7, 11) is 3.11. The van der Waals surface area contributed by atoms with Crippen molar-refractivity contribution >= 4 is 39.5 Å². The molecule has 7 nitrogen and oxygen atoms in total. The Balaban J connectivity index is 1.62. The summed E-state index contributed by atoms with van der Waals surface area (Å²) in [5, 5.41) is 2.77. The van der Waals surface area contributed by atoms with Crippen LogP contribution in [0, 0.1) is 0 Å². The summed E-state index contributed by atoms with van der Waals surface area (Å²) in [5.74, 6) is 1.07. The number of methoxy groups -OCH3 is 1. The molecule has 0 saturated heterocycles. The third kappa shape index (κ3) is 5.29. The molecule has 0 atom stereocenters. The van der Waals surface area contributed by atoms with Gasteiger partial charge in [0.1, 0.15) is 13.2 Å². The summed E-state index contributed by atoms with van der Waals surface area (Å²) in [6.45, 7) is 0.843. The Hall–Kier alpha value is -3.00. The van der Waals surface area contributed by atoms with E-state index in [1.54, 1.807) is 38.4 Å². The van der Waals surface area contributed by atoms with Crippen LogP contribution in [-0.4, -0.2) is 50.6 Å². The SMILES string of the molecule is COc1cc(/C=C/C(=O)N(C)CC(=O)Nc2ccccc2Br)cc2c1OCCO2. The van der Waals surface area contributed by atoms with Crippen LogP contribution in [0.3, 0.4) is 0 Å². The fourth-order valence-electron chi connectivity index (χ4n) is 2.73. The summed E-state index contributed by atoms with van der Waals surface area (Å²) < 4.78 is 17.3. The van der Waals surface area contributed by atoms with Gasteiger partial charge in [0.05, 0.1) is 19.3 Å². The van der Waals surface area contributed by atoms with Crippen LogP contribution in [0.4, 0.5) is 5.69 Å². The molecule has 1 N–H and O–H groups in total. The van der Waals surface area contributed by atoms with Gasteiger partial charge in [0.15, 0.2) is 11.5 Å². The molecule has 8 heteroatoms. The minimum atomic E-state index is -0.305. The van der Waals surface area contributed by atoms with Crippen molar-refractivity contribution in [3.8, 4) is 17.2 Å². The number of carbonyl (C=O) groups excluding carboxylic acids is 2. The summed E-state index contributed by atoms with van der Waals surface area (Å²) in [6, 6.07) is 10.8. The number of hydrogen-bond acceptors (Lipinski definition) is 5. The van der Waals surface area contributed by atoms with Gasteiger partial charge < -0.3 is 24.4 Å². The Morgan fingerprint density at radius 3 is 2.76 bits per heavy atom. The van der Waals surface area contributed by atoms with Crippen LogP contribution in [0.5, 0.6) is 17.2 Å². The third-order valence-electron chi connectivity index (χ3n) is 4.17. The topological polar surface area (TPSA) is 77.1 Å². The predicted molar refractivity (Wildman–Crippen MR) is 113 cm³/mol. The zero-order valence-electron chi connectivity index (χ0n) is 16.1. The van der Waals surface area contributed by atoms with E-state index >= 15 is 0 Å². The summed E-state index contributed by atoms with van der Waals surface area (Å²) in [4.78, 5) is 25.9. The van der Waals surface area contributed by atoms with Gasteiger partial charge >= 0.3 is 0 Å². The molecule has 0 bridgehead atoms. The first-order chi connectivity index (χ1) is 14.0. The second-order valence-corrected chi connectivity index (χ2v) is 7.16. The van der Waals surface area contributed by atoms with Crippen molar-refractivity contribution < 1.29 is 23.8 Å². The van der Waals surface area contributed by atoms with Gasteiger partial charge in [0.25, 0.3) is 0 Å². The lowest BCUT2D eigenvalue weighted by atomic mass is 10.1. The number of anilines is 1. The van der Waals surface area contributed by atoms with Gasteiger partial charge in [-0.15, -0.1) is 0 Å². The maximum absolute atomic E-state index is 12.4. The van der Waals surface area contributed by atoms with E-state index < -0.39 is 0 Å². The molecule has 1 heterocycles. The summed E-state index contributed by atoms with van der Waals surface area (Å²) in [6.07, 6.45) is 3.04. The molecule has 0 saturated carbocycles. The average molecular weight is 461 g/mol. The van der Waals surface area contributed by atoms with Crippen molar-refractivity contribution in [3.63, 3.8) is 0 Å². The Kier molecular flexibility index (Phi) is 6.77. The van der Waals surface area contributed by atoms with E-state index in [9.17, 15) is 9.59 Å². The fourth-order valence-corrected chi connectivity index (χ4v) is 3.11. The second-order valence-electron chi connectivity index (χ2n) is 6.30. The Morgan fingerprint density at radius 2 is 2.00 bits per heavy atom. The highest BCUT2D eigenvalue weighted by Gasteiger charge is 2.18. The van der Waals surface area contributed by atoms with Gasteiger partial charge in [-0.25, -0.2) is 0 Å². The second kappa shape index (κ2) is 9.47. The van der Waals surface area contributed by atoms with Crippen LogP contribution in [0.15, 0.2) is 46.9 Å². The van der Waals surface area contributed by atoms with E-state index in [4.69, 9.17) is 14.2 Å². The van der Waals surface area contributed by atoms with Crippen molar-refractivity contribution in [1.82, 2.24) is 4.90 Å². The largest absolute Gasteiger partial charge is 0.493 e. The first kappa shape index (κ1) is 20.7. The highest BCUT2D eigenvalue weighted by Crippen LogP contribution is 2.40. The number of carbonyl (C=O) groups is 2. The molecule has 0 spiro atoms. The summed E-state index contributed by atoms with van der Waals surface area (Å²) in [5.41, 5.74) is 1.38. The zero-order valence-corrected chi connectivity index (χ0v) is 17.7. The van der Waals surface area contributed by atoms with Crippen molar-refractivity contribution in [2.75, 3.05) is 39.2 Å². The molecule has 2 amide bonds. The normalized spacial score (nSPS) is 12.5. The number of para-hydroxylation sites is 1. The lowest BCUT2D eigenvalue weighted by Gasteiger charge is -2.21. The van der Waals surface area contributed by atoms with Gasteiger partial charge in [-0.05, 0) is 51.8 Å². The molecule has 0 fully saturated rings. The number of halogens is 1. The third-order valence-corrected chi connectivity index (χ3v) is 4.87. The Morgan fingerprint density at radius 1 is 1.24 bits per heavy atom. The standard InChI is InChI=1S/C21H21BrN2O5/c1-24(13-19(25)23-16-6-4-3-5-15(16)22)20(26)8-7-14-11-17(27-2)21-18(12-14)28-9-10-29-21/h3-8,11-12H,9-10,13H2,1-2H3,(H,23,25)/b8-7+. The van der Waals surface area contributed by atoms with Gasteiger partial charge in [0.2, 0.25) is 17.6 Å². The molecule has 0 radical (unpaired) electrons. The number of nitrogens with one attached hydrogen (secondary N) is 1. The van der Waals surface area contributed by atoms with Gasteiger partial charge in [-0.2, -0.15) is 0 Å². The van der Waals surface area contributed by atoms with E-state index in [1.165, 1.54) is 11.0 Å². The van der Waals surface area contributed by atoms with Gasteiger partial charge in [-0.1, -0.05) is 12.1 Å². The highest BCUT2D eigenvalue weighted by molar-refractivity contribution is 9.10. The lowest BCUT2D eigenvalue weighted by molar-refractivity contribution is -0.129. The van der Waals surface area contributed by atoms with Crippen molar-refractivity contribution in [1.29, 1.82) is 0 Å². The highest BCUT2D eigenvalue weighted by atomic mass is 79.9. The Bertz CT molecular complexity index is 927. The maximum atomic E-state index is 12.4. The minimum Gasteiger partial charge on any atom is -0.493 e. The van der Waals surface area contributed by atoms with Crippen LogP contribution in [0.2, 0.25) is 0 Å². The van der Waals surface area contributed by atoms with Crippen LogP contribution >= 0.6 is 15.9 Å². The minimum absolute atomic E-state index is 0.0744. The van der Waals surface area contributed by atoms with Crippen LogP contribution in [0.1, 0.15) is 5.56 Å². The van der Waals surface area contributed by atoms with Crippen molar-refractivity contribution in [2.45, 2.75) is 0 Å². The first-order valence-electron chi connectivity index (χ1n) is 8.93. The van der Waals surface area contributed by atoms with Crippen molar-refractivity contribution in [3.05, 3.63) is 52.5 Å². The number of amides is 2. The van der Waals surface area contributed by atoms with E-state index in [0.29, 0.717) is 36.1 Å². The maximum Gasteiger partial charge on any atom is 0.246 e. The number of ether oxygens (including phenoxy) is 3. The molecule has 0 aliphatic carbocycles. The molecule has 0 aromatic heterocycles. The summed E-state index contributed by atoms with van der Waals surface area (Å²) >= 11 is 3.37. The molecule has 0 unspecified atom stereocenters. The monoisotopic (exact) mass is 460 g/mol. The smallest absolute Gasteiger partial charge is 0.246 e. The van der Waals surface area contributed by atoms with Crippen molar-refractivity contribution in [2.24, 2.45) is 0 Å². The molecular weight excluding hydrogens is 440 g/mol. The van der Waals surface area contributed by atoms with Gasteiger partial charge in [-0.3, -0.25) is 9.59 Å². The molecule has 29 heavy (non-hydrogen) atoms. The number of likely N-dealkylation sites (N-methyl/N-ethyl adjacent to an activating group) is 1. The van der Waals surface area contributed by atoms with E-state index in [0.717, 1.165) is 10.0 Å². The molecule has 1 aliphatic rings. The predicted octanol–water partition coefficient (Wildman–Crippen LogP) is 3.34. The number of hydrogen-bond donors (Lipinski definition) is 1. The molecule has 152 valence electrons. The molecule has 1 aliphatic heterocycles. The average Bonchev–Trinajstić information content (AvgIpc) is 2.72. The molecular formula is C21H21BrN2O5. The number of rotatable bonds is 6. The van der Waals surface area contributed by atoms with E-state index in [2.05, 4.69) is 21.2 Å². The fraction of sp³-hybridized carbons (Fsp3) is 0.238. The quantitative estimate of drug-likeness (QED) is 0.668. The first-order valence-corrected chi connectivity index (χ1v) is 9.72. The van der Waals surface area contributed by atoms with E-state index in [1.807, 2.05) is 18.2 Å². The number of nitrogens with zero attached hydrogens (tertiary/aromatic N) is 1. The lowest BCUT2D eigenvalue weighted by Crippen LogP contribution is -2.33. The molecule has 2 aromatic rings. The number of fused-ring (bicyclic) bond motifs is 1. The van der Waals surface area contributed by atoms with E-state index in [-0.39, 0.29) is 18.4 Å². The van der Waals surface area contributed by atoms with Crippen LogP contribution in [-0.2, 0) is 9.59 Å².